The van der Waals surface area contributed by atoms with Crippen molar-refractivity contribution in [3.63, 3.8) is 0 Å². The van der Waals surface area contributed by atoms with Crippen LogP contribution in [0.3, 0.4) is 0 Å². The molecule has 23 heavy (non-hydrogen) atoms. The summed E-state index contributed by atoms with van der Waals surface area (Å²) in [4.78, 5) is 28.3. The van der Waals surface area contributed by atoms with E-state index in [9.17, 15) is 9.59 Å². The number of amides is 1. The number of para-hydroxylation sites is 2. The van der Waals surface area contributed by atoms with E-state index < -0.39 is 12.1 Å². The molecule has 0 fully saturated rings. The Morgan fingerprint density at radius 2 is 2.09 bits per heavy atom. The highest BCUT2D eigenvalue weighted by molar-refractivity contribution is 7.17. The van der Waals surface area contributed by atoms with E-state index in [1.807, 2.05) is 6.07 Å². The molecule has 1 aromatic carbocycles. The number of aromatic nitrogens is 1. The summed E-state index contributed by atoms with van der Waals surface area (Å²) in [5.74, 6) is 0.260. The average molecular weight is 334 g/mol. The largest absolute Gasteiger partial charge is 0.485 e. The smallest absolute Gasteiger partial charge is 0.350 e. The Kier molecular flexibility index (Phi) is 4.16. The minimum atomic E-state index is -0.782. The molecule has 0 saturated carbocycles. The van der Waals surface area contributed by atoms with Gasteiger partial charge in [0.1, 0.15) is 11.5 Å². The summed E-state index contributed by atoms with van der Waals surface area (Å²) in [6.07, 6.45) is -0.782. The molecule has 0 aliphatic carbocycles. The van der Waals surface area contributed by atoms with E-state index in [-0.39, 0.29) is 12.5 Å². The van der Waals surface area contributed by atoms with Gasteiger partial charge in [-0.1, -0.05) is 23.5 Å². The lowest BCUT2D eigenvalue weighted by atomic mass is 10.2. The number of ether oxygens (including phenoxy) is 3. The first-order chi connectivity index (χ1) is 11.1. The molecule has 1 amide bonds. The van der Waals surface area contributed by atoms with Crippen molar-refractivity contribution >= 4 is 28.3 Å². The predicted molar refractivity (Wildman–Crippen MR) is 83.2 cm³/mol. The van der Waals surface area contributed by atoms with E-state index in [2.05, 4.69) is 15.0 Å². The second-order valence-electron chi connectivity index (χ2n) is 4.78. The molecular formula is C15H14N2O5S. The van der Waals surface area contributed by atoms with Crippen LogP contribution in [0.1, 0.15) is 15.4 Å². The summed E-state index contributed by atoms with van der Waals surface area (Å²) in [5, 5.41) is 2.95. The van der Waals surface area contributed by atoms with Crippen LogP contribution in [-0.2, 0) is 9.53 Å². The van der Waals surface area contributed by atoms with Gasteiger partial charge >= 0.3 is 5.97 Å². The van der Waals surface area contributed by atoms with Crippen LogP contribution in [0.4, 0.5) is 5.13 Å². The lowest BCUT2D eigenvalue weighted by Crippen LogP contribution is -2.40. The van der Waals surface area contributed by atoms with Gasteiger partial charge in [0.15, 0.2) is 16.6 Å². The van der Waals surface area contributed by atoms with Gasteiger partial charge in [-0.05, 0) is 19.1 Å². The van der Waals surface area contributed by atoms with Gasteiger partial charge in [0, 0.05) is 0 Å². The number of methoxy groups -OCH3 is 1. The number of nitrogens with zero attached hydrogens (tertiary/aromatic N) is 1. The monoisotopic (exact) mass is 334 g/mol. The minimum absolute atomic E-state index is 0.108. The normalized spacial score (nSPS) is 15.8. The Bertz CT molecular complexity index is 758. The lowest BCUT2D eigenvalue weighted by molar-refractivity contribution is -0.125. The molecule has 8 heteroatoms. The van der Waals surface area contributed by atoms with E-state index in [0.29, 0.717) is 27.2 Å². The molecular weight excluding hydrogens is 320 g/mol. The highest BCUT2D eigenvalue weighted by Crippen LogP contribution is 2.31. The molecule has 1 N–H and O–H groups in total. The number of rotatable bonds is 3. The lowest BCUT2D eigenvalue weighted by Gasteiger charge is -2.25. The van der Waals surface area contributed by atoms with Gasteiger partial charge < -0.3 is 14.2 Å². The summed E-state index contributed by atoms with van der Waals surface area (Å²) < 4.78 is 15.8. The molecule has 0 radical (unpaired) electrons. The number of nitrogens with one attached hydrogen (secondary N) is 1. The molecule has 0 spiro atoms. The molecule has 1 aliphatic heterocycles. The number of esters is 1. The number of hydrogen-bond acceptors (Lipinski definition) is 7. The quantitative estimate of drug-likeness (QED) is 0.864. The van der Waals surface area contributed by atoms with E-state index in [4.69, 9.17) is 9.47 Å². The van der Waals surface area contributed by atoms with Crippen molar-refractivity contribution in [2.24, 2.45) is 0 Å². The van der Waals surface area contributed by atoms with Gasteiger partial charge in [-0.3, -0.25) is 10.1 Å². The van der Waals surface area contributed by atoms with Gasteiger partial charge in [-0.2, -0.15) is 0 Å². The van der Waals surface area contributed by atoms with Crippen LogP contribution in [0, 0.1) is 6.92 Å². The Morgan fingerprint density at radius 1 is 1.35 bits per heavy atom. The molecule has 0 bridgehead atoms. The van der Waals surface area contributed by atoms with E-state index in [1.54, 1.807) is 25.1 Å². The Balaban J connectivity index is 1.70. The Hall–Kier alpha value is -2.61. The first-order valence-corrected chi connectivity index (χ1v) is 7.65. The molecule has 1 aromatic heterocycles. The second-order valence-corrected chi connectivity index (χ2v) is 5.78. The first-order valence-electron chi connectivity index (χ1n) is 6.83. The standard InChI is InChI=1S/C15H14N2O5S/c1-8-12(14(19)20-2)23-15(16-8)17-13(18)11-7-21-9-5-3-4-6-10(9)22-11/h3-6,11H,7H2,1-2H3,(H,16,17,18)/t11-/m0/s1. The third-order valence-electron chi connectivity index (χ3n) is 3.20. The maximum Gasteiger partial charge on any atom is 0.350 e. The average Bonchev–Trinajstić information content (AvgIpc) is 2.94. The van der Waals surface area contributed by atoms with Crippen LogP contribution < -0.4 is 14.8 Å². The van der Waals surface area contributed by atoms with Gasteiger partial charge in [-0.15, -0.1) is 0 Å². The van der Waals surface area contributed by atoms with Crippen molar-refractivity contribution in [3.05, 3.63) is 34.8 Å². The fourth-order valence-corrected chi connectivity index (χ4v) is 2.95. The third kappa shape index (κ3) is 3.11. The topological polar surface area (TPSA) is 86.8 Å². The van der Waals surface area contributed by atoms with Crippen LogP contribution in [0.25, 0.3) is 0 Å². The molecule has 120 valence electrons. The summed E-state index contributed by atoms with van der Waals surface area (Å²) in [6, 6.07) is 7.14. The molecule has 3 rings (SSSR count). The van der Waals surface area contributed by atoms with Gasteiger partial charge in [0.2, 0.25) is 6.10 Å². The zero-order chi connectivity index (χ0) is 16.4. The second kappa shape index (κ2) is 6.25. The van der Waals surface area contributed by atoms with Crippen LogP contribution >= 0.6 is 11.3 Å². The Morgan fingerprint density at radius 3 is 2.83 bits per heavy atom. The summed E-state index contributed by atoms with van der Waals surface area (Å²) in [5.41, 5.74) is 0.503. The highest BCUT2D eigenvalue weighted by atomic mass is 32.1. The number of thiazole rings is 1. The number of fused-ring (bicyclic) bond motifs is 1. The predicted octanol–water partition coefficient (Wildman–Crippen LogP) is 2.02. The number of anilines is 1. The summed E-state index contributed by atoms with van der Waals surface area (Å²) in [7, 11) is 1.30. The minimum Gasteiger partial charge on any atom is -0.485 e. The highest BCUT2D eigenvalue weighted by Gasteiger charge is 2.28. The molecule has 1 atom stereocenters. The summed E-state index contributed by atoms with van der Waals surface area (Å²) in [6.45, 7) is 1.78. The van der Waals surface area contributed by atoms with Gasteiger partial charge in [0.25, 0.3) is 5.91 Å². The fraction of sp³-hybridized carbons (Fsp3) is 0.267. The van der Waals surface area contributed by atoms with Crippen molar-refractivity contribution in [3.8, 4) is 11.5 Å². The van der Waals surface area contributed by atoms with E-state index >= 15 is 0 Å². The number of benzene rings is 1. The third-order valence-corrected chi connectivity index (χ3v) is 4.25. The van der Waals surface area contributed by atoms with Crippen LogP contribution in [-0.4, -0.2) is 36.7 Å². The molecule has 0 unspecified atom stereocenters. The number of carbonyl (C=O) groups excluding carboxylic acids is 2. The number of hydrogen-bond donors (Lipinski definition) is 1. The van der Waals surface area contributed by atoms with Crippen LogP contribution in [0.2, 0.25) is 0 Å². The van der Waals surface area contributed by atoms with Crippen molar-refractivity contribution < 1.29 is 23.8 Å². The fourth-order valence-electron chi connectivity index (χ4n) is 2.07. The van der Waals surface area contributed by atoms with Crippen LogP contribution in [0.5, 0.6) is 11.5 Å². The summed E-state index contributed by atoms with van der Waals surface area (Å²) >= 11 is 1.06. The van der Waals surface area contributed by atoms with Crippen molar-refractivity contribution in [2.75, 3.05) is 19.0 Å². The maximum atomic E-state index is 12.3. The molecule has 7 nitrogen and oxygen atoms in total. The maximum absolute atomic E-state index is 12.3. The van der Waals surface area contributed by atoms with Crippen LogP contribution in [0.15, 0.2) is 24.3 Å². The zero-order valence-corrected chi connectivity index (χ0v) is 13.3. The number of aryl methyl sites for hydroxylation is 1. The van der Waals surface area contributed by atoms with Crippen molar-refractivity contribution in [1.29, 1.82) is 0 Å². The zero-order valence-electron chi connectivity index (χ0n) is 12.5. The Labute approximate surface area is 136 Å². The SMILES string of the molecule is COC(=O)c1sc(NC(=O)[C@@H]2COc3ccccc3O2)nc1C. The van der Waals surface area contributed by atoms with E-state index in [0.717, 1.165) is 11.3 Å². The number of carbonyl (C=O) groups is 2. The van der Waals surface area contributed by atoms with E-state index in [1.165, 1.54) is 7.11 Å². The van der Waals surface area contributed by atoms with Gasteiger partial charge in [-0.25, -0.2) is 9.78 Å². The van der Waals surface area contributed by atoms with Crippen molar-refractivity contribution in [1.82, 2.24) is 4.98 Å². The molecule has 2 heterocycles. The molecule has 2 aromatic rings. The molecule has 1 aliphatic rings. The van der Waals surface area contributed by atoms with Gasteiger partial charge in [0.05, 0.1) is 12.8 Å². The first kappa shape index (κ1) is 15.3. The van der Waals surface area contributed by atoms with Crippen molar-refractivity contribution in [2.45, 2.75) is 13.0 Å². The molecule has 0 saturated heterocycles.